The summed E-state index contributed by atoms with van der Waals surface area (Å²) in [5.74, 6) is 0.792. The van der Waals surface area contributed by atoms with Crippen LogP contribution in [0.2, 0.25) is 0 Å². The van der Waals surface area contributed by atoms with E-state index in [0.717, 1.165) is 43.1 Å². The Morgan fingerprint density at radius 3 is 2.57 bits per heavy atom. The highest BCUT2D eigenvalue weighted by Crippen LogP contribution is 2.25. The summed E-state index contributed by atoms with van der Waals surface area (Å²) in [7, 11) is 0. The molecule has 23 heavy (non-hydrogen) atoms. The average Bonchev–Trinajstić information content (AvgIpc) is 2.63. The standard InChI is InChI=1S/C19H23FN2O/c20-14-19(22-11-9-21-10-12-22)17-7-4-8-18(13-17)23-15-16-5-2-1-3-6-16/h1-8,13,19,21H,9-12,14-15H2/t19-/m0/s1. The molecule has 3 rings (SSSR count). The number of ether oxygens (including phenoxy) is 1. The van der Waals surface area contributed by atoms with E-state index in [1.807, 2.05) is 54.6 Å². The van der Waals surface area contributed by atoms with E-state index >= 15 is 0 Å². The van der Waals surface area contributed by atoms with Gasteiger partial charge < -0.3 is 10.1 Å². The summed E-state index contributed by atoms with van der Waals surface area (Å²) in [5.41, 5.74) is 2.11. The third-order valence-electron chi connectivity index (χ3n) is 4.23. The van der Waals surface area contributed by atoms with Gasteiger partial charge in [0.05, 0.1) is 6.04 Å². The van der Waals surface area contributed by atoms with E-state index in [1.165, 1.54) is 0 Å². The molecule has 1 N–H and O–H groups in total. The molecule has 0 aliphatic carbocycles. The Morgan fingerprint density at radius 2 is 1.83 bits per heavy atom. The molecule has 0 radical (unpaired) electrons. The van der Waals surface area contributed by atoms with E-state index in [1.54, 1.807) is 0 Å². The lowest BCUT2D eigenvalue weighted by Gasteiger charge is -2.33. The van der Waals surface area contributed by atoms with Gasteiger partial charge in [0.25, 0.3) is 0 Å². The van der Waals surface area contributed by atoms with Gasteiger partial charge in [-0.2, -0.15) is 0 Å². The fourth-order valence-corrected chi connectivity index (χ4v) is 2.94. The molecule has 0 unspecified atom stereocenters. The van der Waals surface area contributed by atoms with Crippen molar-refractivity contribution in [3.05, 3.63) is 65.7 Å². The summed E-state index contributed by atoms with van der Waals surface area (Å²) in [4.78, 5) is 2.20. The van der Waals surface area contributed by atoms with Gasteiger partial charge in [-0.3, -0.25) is 4.90 Å². The van der Waals surface area contributed by atoms with Crippen molar-refractivity contribution in [2.45, 2.75) is 12.6 Å². The molecule has 0 aromatic heterocycles. The van der Waals surface area contributed by atoms with Crippen LogP contribution in [0.4, 0.5) is 4.39 Å². The Kier molecular flexibility index (Phi) is 5.61. The minimum atomic E-state index is -0.373. The Labute approximate surface area is 137 Å². The predicted molar refractivity (Wildman–Crippen MR) is 90.4 cm³/mol. The first-order chi connectivity index (χ1) is 11.4. The summed E-state index contributed by atoms with van der Waals surface area (Å²) in [6.45, 7) is 3.75. The maximum absolute atomic E-state index is 13.6. The van der Waals surface area contributed by atoms with Crippen LogP contribution in [0.5, 0.6) is 5.75 Å². The molecule has 1 aliphatic rings. The van der Waals surface area contributed by atoms with Crippen LogP contribution in [0, 0.1) is 0 Å². The van der Waals surface area contributed by atoms with Crippen LogP contribution in [0.1, 0.15) is 17.2 Å². The zero-order chi connectivity index (χ0) is 15.9. The number of hydrogen-bond acceptors (Lipinski definition) is 3. The molecule has 2 aromatic rings. The van der Waals surface area contributed by atoms with Crippen LogP contribution in [0.25, 0.3) is 0 Å². The van der Waals surface area contributed by atoms with Crippen molar-refractivity contribution in [2.75, 3.05) is 32.9 Å². The highest BCUT2D eigenvalue weighted by atomic mass is 19.1. The summed E-state index contributed by atoms with van der Waals surface area (Å²) in [6, 6.07) is 17.7. The number of nitrogens with one attached hydrogen (secondary N) is 1. The lowest BCUT2D eigenvalue weighted by Crippen LogP contribution is -2.45. The van der Waals surface area contributed by atoms with E-state index in [0.29, 0.717) is 6.61 Å². The number of alkyl halides is 1. The van der Waals surface area contributed by atoms with Crippen molar-refractivity contribution in [3.63, 3.8) is 0 Å². The van der Waals surface area contributed by atoms with E-state index in [-0.39, 0.29) is 12.7 Å². The second kappa shape index (κ2) is 8.09. The SMILES string of the molecule is FC[C@@H](c1cccc(OCc2ccccc2)c1)N1CCNCC1. The molecule has 0 spiro atoms. The maximum Gasteiger partial charge on any atom is 0.120 e. The van der Waals surface area contributed by atoms with Crippen LogP contribution in [0.15, 0.2) is 54.6 Å². The zero-order valence-electron chi connectivity index (χ0n) is 13.2. The molecule has 1 atom stereocenters. The Hall–Kier alpha value is -1.91. The Balaban J connectivity index is 1.68. The highest BCUT2D eigenvalue weighted by molar-refractivity contribution is 5.31. The highest BCUT2D eigenvalue weighted by Gasteiger charge is 2.22. The predicted octanol–water partition coefficient (Wildman–Crippen LogP) is 3.18. The molecule has 122 valence electrons. The van der Waals surface area contributed by atoms with Crippen LogP contribution in [0.3, 0.4) is 0 Å². The number of piperazine rings is 1. The van der Waals surface area contributed by atoms with Crippen molar-refractivity contribution >= 4 is 0 Å². The molecule has 1 saturated heterocycles. The van der Waals surface area contributed by atoms with Crippen molar-refractivity contribution < 1.29 is 9.13 Å². The first kappa shape index (κ1) is 16.0. The lowest BCUT2D eigenvalue weighted by molar-refractivity contribution is 0.147. The third-order valence-corrected chi connectivity index (χ3v) is 4.23. The van der Waals surface area contributed by atoms with Gasteiger partial charge in [0, 0.05) is 26.2 Å². The molecule has 1 fully saturated rings. The normalized spacial score (nSPS) is 16.9. The first-order valence-electron chi connectivity index (χ1n) is 8.14. The fraction of sp³-hybridized carbons (Fsp3) is 0.368. The van der Waals surface area contributed by atoms with Crippen molar-refractivity contribution in [3.8, 4) is 5.75 Å². The zero-order valence-corrected chi connectivity index (χ0v) is 13.2. The van der Waals surface area contributed by atoms with Crippen molar-refractivity contribution in [2.24, 2.45) is 0 Å². The monoisotopic (exact) mass is 314 g/mol. The Morgan fingerprint density at radius 1 is 1.04 bits per heavy atom. The number of hydrogen-bond donors (Lipinski definition) is 1. The first-order valence-corrected chi connectivity index (χ1v) is 8.14. The van der Waals surface area contributed by atoms with Crippen LogP contribution >= 0.6 is 0 Å². The van der Waals surface area contributed by atoms with Crippen molar-refractivity contribution in [1.82, 2.24) is 10.2 Å². The third kappa shape index (κ3) is 4.30. The smallest absolute Gasteiger partial charge is 0.120 e. The largest absolute Gasteiger partial charge is 0.489 e. The average molecular weight is 314 g/mol. The van der Waals surface area contributed by atoms with Crippen LogP contribution < -0.4 is 10.1 Å². The van der Waals surface area contributed by atoms with Crippen LogP contribution in [-0.2, 0) is 6.61 Å². The molecular formula is C19H23FN2O. The minimum Gasteiger partial charge on any atom is -0.489 e. The molecule has 4 heteroatoms. The van der Waals surface area contributed by atoms with Gasteiger partial charge in [0.15, 0.2) is 0 Å². The summed E-state index contributed by atoms with van der Waals surface area (Å²) < 4.78 is 19.5. The number of rotatable bonds is 6. The molecule has 0 saturated carbocycles. The molecule has 0 bridgehead atoms. The molecule has 1 heterocycles. The maximum atomic E-state index is 13.6. The van der Waals surface area contributed by atoms with E-state index in [9.17, 15) is 4.39 Å². The van der Waals surface area contributed by atoms with Gasteiger partial charge in [0.2, 0.25) is 0 Å². The number of halogens is 1. The molecule has 3 nitrogen and oxygen atoms in total. The van der Waals surface area contributed by atoms with E-state index in [2.05, 4.69) is 10.2 Å². The number of nitrogens with zero attached hydrogens (tertiary/aromatic N) is 1. The quantitative estimate of drug-likeness (QED) is 0.886. The Bertz CT molecular complexity index is 599. The van der Waals surface area contributed by atoms with Gasteiger partial charge in [-0.05, 0) is 23.3 Å². The molecule has 0 amide bonds. The second-order valence-corrected chi connectivity index (χ2v) is 5.80. The van der Waals surface area contributed by atoms with E-state index in [4.69, 9.17) is 4.74 Å². The molecule has 1 aliphatic heterocycles. The lowest BCUT2D eigenvalue weighted by atomic mass is 10.1. The topological polar surface area (TPSA) is 24.5 Å². The van der Waals surface area contributed by atoms with Gasteiger partial charge in [-0.25, -0.2) is 4.39 Å². The van der Waals surface area contributed by atoms with Gasteiger partial charge in [-0.15, -0.1) is 0 Å². The summed E-state index contributed by atoms with van der Waals surface area (Å²) in [6.07, 6.45) is 0. The minimum absolute atomic E-state index is 0.183. The fourth-order valence-electron chi connectivity index (χ4n) is 2.94. The second-order valence-electron chi connectivity index (χ2n) is 5.80. The summed E-state index contributed by atoms with van der Waals surface area (Å²) >= 11 is 0. The van der Waals surface area contributed by atoms with Gasteiger partial charge in [-0.1, -0.05) is 42.5 Å². The van der Waals surface area contributed by atoms with Gasteiger partial charge >= 0.3 is 0 Å². The summed E-state index contributed by atoms with van der Waals surface area (Å²) in [5, 5.41) is 3.31. The number of benzene rings is 2. The van der Waals surface area contributed by atoms with Gasteiger partial charge in [0.1, 0.15) is 19.0 Å². The van der Waals surface area contributed by atoms with E-state index < -0.39 is 0 Å². The molecular weight excluding hydrogens is 291 g/mol. The molecule has 2 aromatic carbocycles. The van der Waals surface area contributed by atoms with Crippen molar-refractivity contribution in [1.29, 1.82) is 0 Å². The van der Waals surface area contributed by atoms with Crippen LogP contribution in [-0.4, -0.2) is 37.8 Å².